The summed E-state index contributed by atoms with van der Waals surface area (Å²) in [5.41, 5.74) is 0.649. The maximum Gasteiger partial charge on any atom is 0.242 e. The second kappa shape index (κ2) is 7.51. The Morgan fingerprint density at radius 1 is 1.26 bits per heavy atom. The van der Waals surface area contributed by atoms with Gasteiger partial charge in [-0.05, 0) is 50.1 Å². The van der Waals surface area contributed by atoms with Crippen LogP contribution in [0.15, 0.2) is 29.2 Å². The molecule has 0 aliphatic carbocycles. The Kier molecular flexibility index (Phi) is 6.10. The van der Waals surface area contributed by atoms with E-state index in [9.17, 15) is 13.5 Å². The summed E-state index contributed by atoms with van der Waals surface area (Å²) < 4.78 is 27.2. The maximum absolute atomic E-state index is 12.3. The van der Waals surface area contributed by atoms with Crippen molar-refractivity contribution in [3.05, 3.63) is 49.6 Å². The molecule has 0 bridgehead atoms. The van der Waals surface area contributed by atoms with E-state index in [2.05, 4.69) is 4.72 Å². The molecule has 126 valence electrons. The van der Waals surface area contributed by atoms with Crippen molar-refractivity contribution in [3.8, 4) is 0 Å². The van der Waals surface area contributed by atoms with Gasteiger partial charge in [-0.2, -0.15) is 0 Å². The van der Waals surface area contributed by atoms with Crippen LogP contribution in [-0.2, 0) is 16.4 Å². The minimum atomic E-state index is -3.70. The van der Waals surface area contributed by atoms with Crippen LogP contribution < -0.4 is 4.72 Å². The third-order valence-corrected chi connectivity index (χ3v) is 6.91. The maximum atomic E-state index is 12.3. The topological polar surface area (TPSA) is 66.4 Å². The molecule has 4 nitrogen and oxygen atoms in total. The smallest absolute Gasteiger partial charge is 0.242 e. The highest BCUT2D eigenvalue weighted by molar-refractivity contribution is 7.89. The summed E-state index contributed by atoms with van der Waals surface area (Å²) in [5, 5.41) is 10.0. The van der Waals surface area contributed by atoms with Gasteiger partial charge in [0.05, 0.1) is 11.1 Å². The summed E-state index contributed by atoms with van der Waals surface area (Å²) in [6.45, 7) is 3.67. The Labute approximate surface area is 150 Å². The standard InChI is InChI=1S/C15H17Cl2NO3S2/c1-9-7-15(13(17)8-12(9)16)23(20,21)18-6-5-11-3-4-14(22-11)10(2)19/h3-4,7-8,10,18-19H,5-6H2,1-2H3/t10-/m0/s1. The fourth-order valence-electron chi connectivity index (χ4n) is 1.98. The third-order valence-electron chi connectivity index (χ3n) is 3.26. The van der Waals surface area contributed by atoms with Crippen LogP contribution >= 0.6 is 34.5 Å². The van der Waals surface area contributed by atoms with Gasteiger partial charge in [0, 0.05) is 21.3 Å². The zero-order chi connectivity index (χ0) is 17.2. The van der Waals surface area contributed by atoms with Gasteiger partial charge in [0.1, 0.15) is 4.90 Å². The van der Waals surface area contributed by atoms with Crippen molar-refractivity contribution in [1.82, 2.24) is 4.72 Å². The van der Waals surface area contributed by atoms with Crippen molar-refractivity contribution >= 4 is 44.6 Å². The molecule has 2 N–H and O–H groups in total. The molecular formula is C15H17Cl2NO3S2. The number of hydrogen-bond donors (Lipinski definition) is 2. The first kappa shape index (κ1) is 18.7. The molecule has 0 unspecified atom stereocenters. The second-order valence-corrected chi connectivity index (χ2v) is 8.91. The van der Waals surface area contributed by atoms with Gasteiger partial charge in [0.2, 0.25) is 10.0 Å². The number of rotatable bonds is 6. The van der Waals surface area contributed by atoms with Crippen LogP contribution in [-0.4, -0.2) is 20.1 Å². The van der Waals surface area contributed by atoms with Crippen LogP contribution in [0.5, 0.6) is 0 Å². The Morgan fingerprint density at radius 3 is 2.57 bits per heavy atom. The van der Waals surface area contributed by atoms with E-state index in [-0.39, 0.29) is 16.5 Å². The van der Waals surface area contributed by atoms with Gasteiger partial charge < -0.3 is 5.11 Å². The Bertz CT molecular complexity index is 801. The lowest BCUT2D eigenvalue weighted by Gasteiger charge is -2.10. The van der Waals surface area contributed by atoms with Crippen LogP contribution in [0, 0.1) is 6.92 Å². The molecule has 1 aromatic carbocycles. The molecule has 0 fully saturated rings. The Morgan fingerprint density at radius 2 is 1.96 bits per heavy atom. The van der Waals surface area contributed by atoms with Crippen LogP contribution in [0.3, 0.4) is 0 Å². The Hall–Kier alpha value is -0.630. The lowest BCUT2D eigenvalue weighted by molar-refractivity contribution is 0.203. The summed E-state index contributed by atoms with van der Waals surface area (Å²) in [4.78, 5) is 1.89. The van der Waals surface area contributed by atoms with Gasteiger partial charge in [0.15, 0.2) is 0 Å². The van der Waals surface area contributed by atoms with E-state index >= 15 is 0 Å². The van der Waals surface area contributed by atoms with E-state index in [0.717, 1.165) is 9.75 Å². The van der Waals surface area contributed by atoms with Crippen molar-refractivity contribution < 1.29 is 13.5 Å². The minimum Gasteiger partial charge on any atom is -0.388 e. The van der Waals surface area contributed by atoms with Crippen molar-refractivity contribution in [2.45, 2.75) is 31.3 Å². The molecule has 0 saturated heterocycles. The molecule has 1 heterocycles. The lowest BCUT2D eigenvalue weighted by atomic mass is 10.2. The van der Waals surface area contributed by atoms with Crippen LogP contribution in [0.1, 0.15) is 28.3 Å². The van der Waals surface area contributed by atoms with Crippen molar-refractivity contribution in [3.63, 3.8) is 0 Å². The molecule has 0 amide bonds. The average molecular weight is 394 g/mol. The van der Waals surface area contributed by atoms with E-state index < -0.39 is 16.1 Å². The summed E-state index contributed by atoms with van der Waals surface area (Å²) in [7, 11) is -3.70. The van der Waals surface area contributed by atoms with Crippen LogP contribution in [0.25, 0.3) is 0 Å². The fraction of sp³-hybridized carbons (Fsp3) is 0.333. The molecular weight excluding hydrogens is 377 g/mol. The molecule has 2 aromatic rings. The molecule has 0 aliphatic rings. The minimum absolute atomic E-state index is 0.0249. The highest BCUT2D eigenvalue weighted by atomic mass is 35.5. The normalized spacial score (nSPS) is 13.3. The van der Waals surface area contributed by atoms with E-state index in [0.29, 0.717) is 17.0 Å². The van der Waals surface area contributed by atoms with Crippen molar-refractivity contribution in [1.29, 1.82) is 0 Å². The molecule has 2 rings (SSSR count). The van der Waals surface area contributed by atoms with Crippen molar-refractivity contribution in [2.24, 2.45) is 0 Å². The SMILES string of the molecule is Cc1cc(S(=O)(=O)NCCc2ccc([C@H](C)O)s2)c(Cl)cc1Cl. The molecule has 0 radical (unpaired) electrons. The molecule has 0 saturated carbocycles. The average Bonchev–Trinajstić information content (AvgIpc) is 2.91. The molecule has 1 atom stereocenters. The number of aliphatic hydroxyl groups excluding tert-OH is 1. The third kappa shape index (κ3) is 4.68. The monoisotopic (exact) mass is 393 g/mol. The summed E-state index contributed by atoms with van der Waals surface area (Å²) >= 11 is 13.4. The number of nitrogens with one attached hydrogen (secondary N) is 1. The van der Waals surface area contributed by atoms with Gasteiger partial charge in [-0.15, -0.1) is 11.3 Å². The lowest BCUT2D eigenvalue weighted by Crippen LogP contribution is -2.26. The number of halogens is 2. The van der Waals surface area contributed by atoms with Crippen LogP contribution in [0.2, 0.25) is 10.0 Å². The highest BCUT2D eigenvalue weighted by Crippen LogP contribution is 2.28. The molecule has 0 aliphatic heterocycles. The van der Waals surface area contributed by atoms with Gasteiger partial charge >= 0.3 is 0 Å². The van der Waals surface area contributed by atoms with Gasteiger partial charge in [0.25, 0.3) is 0 Å². The molecule has 1 aromatic heterocycles. The van der Waals surface area contributed by atoms with E-state index in [1.54, 1.807) is 13.8 Å². The molecule has 8 heteroatoms. The van der Waals surface area contributed by atoms with E-state index in [1.807, 2.05) is 12.1 Å². The Balaban J connectivity index is 2.05. The van der Waals surface area contributed by atoms with E-state index in [1.165, 1.54) is 23.5 Å². The predicted octanol–water partition coefficient (Wildman–Crippen LogP) is 3.94. The van der Waals surface area contributed by atoms with Crippen LogP contribution in [0.4, 0.5) is 0 Å². The van der Waals surface area contributed by atoms with Crippen molar-refractivity contribution in [2.75, 3.05) is 6.54 Å². The summed E-state index contributed by atoms with van der Waals surface area (Å²) in [5.74, 6) is 0. The summed E-state index contributed by atoms with van der Waals surface area (Å²) in [6, 6.07) is 6.63. The predicted molar refractivity (Wildman–Crippen MR) is 95.0 cm³/mol. The molecule has 0 spiro atoms. The zero-order valence-electron chi connectivity index (χ0n) is 12.6. The quantitative estimate of drug-likeness (QED) is 0.780. The van der Waals surface area contributed by atoms with Gasteiger partial charge in [-0.1, -0.05) is 23.2 Å². The molecule has 23 heavy (non-hydrogen) atoms. The first-order valence-electron chi connectivity index (χ1n) is 6.92. The number of hydrogen-bond acceptors (Lipinski definition) is 4. The number of aliphatic hydroxyl groups is 1. The number of sulfonamides is 1. The second-order valence-electron chi connectivity index (χ2n) is 5.16. The van der Waals surface area contributed by atoms with E-state index in [4.69, 9.17) is 23.2 Å². The number of aryl methyl sites for hydroxylation is 1. The highest BCUT2D eigenvalue weighted by Gasteiger charge is 2.19. The first-order valence-corrected chi connectivity index (χ1v) is 9.98. The number of benzene rings is 1. The summed E-state index contributed by atoms with van der Waals surface area (Å²) in [6.07, 6.45) is 0.0298. The van der Waals surface area contributed by atoms with Gasteiger partial charge in [-0.3, -0.25) is 0 Å². The fourth-order valence-corrected chi connectivity index (χ4v) is 4.79. The first-order chi connectivity index (χ1) is 10.7. The number of thiophene rings is 1. The largest absolute Gasteiger partial charge is 0.388 e. The zero-order valence-corrected chi connectivity index (χ0v) is 15.8. The van der Waals surface area contributed by atoms with Gasteiger partial charge in [-0.25, -0.2) is 13.1 Å².